The Labute approximate surface area is 253 Å². The van der Waals surface area contributed by atoms with E-state index in [1.165, 1.54) is 31.4 Å². The SMILES string of the molecule is COc1cc2nccc(Oc3ccc(NC(=O)C4(C(=O)Nc5ccc(F)cc5)CC4)cc3)c2cc1C(=O)NC[C@@H]1CCCN1. The number of pyridine rings is 1. The lowest BCUT2D eigenvalue weighted by Gasteiger charge is -2.16. The summed E-state index contributed by atoms with van der Waals surface area (Å²) >= 11 is 0. The number of halogens is 1. The molecule has 1 saturated heterocycles. The zero-order valence-corrected chi connectivity index (χ0v) is 24.1. The van der Waals surface area contributed by atoms with Crippen molar-refractivity contribution >= 4 is 40.0 Å². The van der Waals surface area contributed by atoms with Crippen LogP contribution < -0.4 is 30.7 Å². The second-order valence-electron chi connectivity index (χ2n) is 11.0. The number of fused-ring (bicyclic) bond motifs is 1. The van der Waals surface area contributed by atoms with Crippen LogP contribution in [0.5, 0.6) is 17.2 Å². The van der Waals surface area contributed by atoms with Gasteiger partial charge in [0, 0.05) is 41.6 Å². The van der Waals surface area contributed by atoms with Gasteiger partial charge in [0.05, 0.1) is 18.2 Å². The van der Waals surface area contributed by atoms with E-state index in [0.717, 1.165) is 19.4 Å². The molecule has 1 aliphatic carbocycles. The molecule has 2 aliphatic rings. The summed E-state index contributed by atoms with van der Waals surface area (Å²) in [6, 6.07) is 17.6. The van der Waals surface area contributed by atoms with Crippen molar-refractivity contribution in [1.29, 1.82) is 0 Å². The average molecular weight is 598 g/mol. The van der Waals surface area contributed by atoms with Crippen LogP contribution in [0.4, 0.5) is 15.8 Å². The van der Waals surface area contributed by atoms with Crippen molar-refractivity contribution in [3.8, 4) is 17.2 Å². The van der Waals surface area contributed by atoms with Gasteiger partial charge in [0.2, 0.25) is 11.8 Å². The van der Waals surface area contributed by atoms with Crippen LogP contribution in [0.15, 0.2) is 72.9 Å². The number of ether oxygens (including phenoxy) is 2. The average Bonchev–Trinajstić information content (AvgIpc) is 3.70. The van der Waals surface area contributed by atoms with Gasteiger partial charge in [0.1, 0.15) is 28.5 Å². The van der Waals surface area contributed by atoms with Crippen molar-refractivity contribution in [2.75, 3.05) is 30.8 Å². The molecule has 1 aliphatic heterocycles. The number of aromatic nitrogens is 1. The number of anilines is 2. The normalized spacial score (nSPS) is 16.6. The number of nitrogens with zero attached hydrogens (tertiary/aromatic N) is 1. The van der Waals surface area contributed by atoms with Gasteiger partial charge in [0.15, 0.2) is 0 Å². The molecule has 3 aromatic carbocycles. The highest BCUT2D eigenvalue weighted by Gasteiger charge is 2.56. The first-order valence-corrected chi connectivity index (χ1v) is 14.5. The Kier molecular flexibility index (Phi) is 8.12. The number of rotatable bonds is 10. The topological polar surface area (TPSA) is 131 Å². The molecular weight excluding hydrogens is 565 g/mol. The van der Waals surface area contributed by atoms with Gasteiger partial charge in [-0.05, 0) is 92.9 Å². The van der Waals surface area contributed by atoms with E-state index in [1.54, 1.807) is 48.7 Å². The Morgan fingerprint density at radius 3 is 2.25 bits per heavy atom. The molecule has 1 saturated carbocycles. The molecule has 4 N–H and O–H groups in total. The summed E-state index contributed by atoms with van der Waals surface area (Å²) in [6.07, 6.45) is 4.57. The van der Waals surface area contributed by atoms with Crippen LogP contribution in [-0.2, 0) is 9.59 Å². The maximum atomic E-state index is 13.2. The summed E-state index contributed by atoms with van der Waals surface area (Å²) in [5, 5.41) is 12.5. The number of benzene rings is 3. The number of amides is 3. The number of carbonyl (C=O) groups is 3. The minimum absolute atomic E-state index is 0.243. The van der Waals surface area contributed by atoms with Gasteiger partial charge < -0.3 is 30.7 Å². The standard InChI is InChI=1S/C33H32FN5O5/c1-43-29-18-27-25(17-26(29)30(40)37-19-23-3-2-15-35-23)28(12-16-36-27)44-24-10-8-22(9-11-24)39-32(42)33(13-14-33)31(41)38-21-6-4-20(34)5-7-21/h4-12,16-18,23,35H,2-3,13-15,19H2,1H3,(H,37,40)(H,38,41)(H,39,42)/t23-/m0/s1. The molecule has 10 nitrogen and oxygen atoms in total. The minimum atomic E-state index is -1.17. The fourth-order valence-electron chi connectivity index (χ4n) is 5.28. The monoisotopic (exact) mass is 597 g/mol. The van der Waals surface area contributed by atoms with Crippen molar-refractivity contribution in [2.45, 2.75) is 31.7 Å². The number of hydrogen-bond acceptors (Lipinski definition) is 7. The lowest BCUT2D eigenvalue weighted by Crippen LogP contribution is -2.37. The van der Waals surface area contributed by atoms with E-state index >= 15 is 0 Å². The van der Waals surface area contributed by atoms with Gasteiger partial charge in [-0.15, -0.1) is 0 Å². The number of methoxy groups -OCH3 is 1. The van der Waals surface area contributed by atoms with Crippen LogP contribution in [0.25, 0.3) is 10.9 Å². The van der Waals surface area contributed by atoms with Crippen LogP contribution in [0.1, 0.15) is 36.0 Å². The maximum Gasteiger partial charge on any atom is 0.255 e. The third-order valence-electron chi connectivity index (χ3n) is 8.00. The van der Waals surface area contributed by atoms with Gasteiger partial charge in [0.25, 0.3) is 5.91 Å². The first-order chi connectivity index (χ1) is 21.3. The highest BCUT2D eigenvalue weighted by atomic mass is 19.1. The lowest BCUT2D eigenvalue weighted by atomic mass is 10.0. The highest BCUT2D eigenvalue weighted by Crippen LogP contribution is 2.47. The Bertz CT molecular complexity index is 1700. The van der Waals surface area contributed by atoms with Gasteiger partial charge in [-0.3, -0.25) is 19.4 Å². The van der Waals surface area contributed by atoms with Crippen molar-refractivity contribution in [2.24, 2.45) is 5.41 Å². The number of hydrogen-bond donors (Lipinski definition) is 4. The van der Waals surface area contributed by atoms with E-state index in [2.05, 4.69) is 26.3 Å². The van der Waals surface area contributed by atoms with Gasteiger partial charge in [-0.2, -0.15) is 0 Å². The highest BCUT2D eigenvalue weighted by molar-refractivity contribution is 6.17. The molecule has 2 fully saturated rings. The predicted molar refractivity (Wildman–Crippen MR) is 163 cm³/mol. The van der Waals surface area contributed by atoms with E-state index in [0.29, 0.717) is 64.5 Å². The fourth-order valence-corrected chi connectivity index (χ4v) is 5.28. The summed E-state index contributed by atoms with van der Waals surface area (Å²) in [5.41, 5.74) is 0.742. The molecule has 1 aromatic heterocycles. The summed E-state index contributed by atoms with van der Waals surface area (Å²) in [7, 11) is 1.51. The van der Waals surface area contributed by atoms with E-state index in [1.807, 2.05) is 0 Å². The van der Waals surface area contributed by atoms with E-state index < -0.39 is 23.0 Å². The molecule has 44 heavy (non-hydrogen) atoms. The molecular formula is C33H32FN5O5. The first kappa shape index (κ1) is 29.1. The van der Waals surface area contributed by atoms with Crippen LogP contribution in [0.2, 0.25) is 0 Å². The van der Waals surface area contributed by atoms with E-state index in [9.17, 15) is 18.8 Å². The van der Waals surface area contributed by atoms with Crippen molar-refractivity contribution in [3.05, 3.63) is 84.3 Å². The van der Waals surface area contributed by atoms with E-state index in [4.69, 9.17) is 9.47 Å². The van der Waals surface area contributed by atoms with Gasteiger partial charge >= 0.3 is 0 Å². The van der Waals surface area contributed by atoms with Gasteiger partial charge in [-0.1, -0.05) is 0 Å². The molecule has 0 bridgehead atoms. The second kappa shape index (κ2) is 12.3. The summed E-state index contributed by atoms with van der Waals surface area (Å²) in [6.45, 7) is 1.48. The number of nitrogens with one attached hydrogen (secondary N) is 4. The van der Waals surface area contributed by atoms with Gasteiger partial charge in [-0.25, -0.2) is 4.39 Å². The van der Waals surface area contributed by atoms with Crippen molar-refractivity contribution in [1.82, 2.24) is 15.6 Å². The quantitative estimate of drug-likeness (QED) is 0.189. The molecule has 0 unspecified atom stereocenters. The summed E-state index contributed by atoms with van der Waals surface area (Å²) in [5.74, 6) is -0.0758. The zero-order chi connectivity index (χ0) is 30.7. The van der Waals surface area contributed by atoms with Crippen LogP contribution in [0, 0.1) is 11.2 Å². The smallest absolute Gasteiger partial charge is 0.255 e. The Hall–Kier alpha value is -5.03. The molecule has 1 atom stereocenters. The Balaban J connectivity index is 1.13. The zero-order valence-electron chi connectivity index (χ0n) is 24.1. The van der Waals surface area contributed by atoms with Crippen molar-refractivity contribution in [3.63, 3.8) is 0 Å². The largest absolute Gasteiger partial charge is 0.496 e. The minimum Gasteiger partial charge on any atom is -0.496 e. The Morgan fingerprint density at radius 2 is 1.64 bits per heavy atom. The summed E-state index contributed by atoms with van der Waals surface area (Å²) in [4.78, 5) is 43.4. The third kappa shape index (κ3) is 6.18. The summed E-state index contributed by atoms with van der Waals surface area (Å²) < 4.78 is 24.9. The molecule has 2 heterocycles. The van der Waals surface area contributed by atoms with Crippen molar-refractivity contribution < 1.29 is 28.2 Å². The van der Waals surface area contributed by atoms with Crippen LogP contribution in [0.3, 0.4) is 0 Å². The molecule has 6 rings (SSSR count). The van der Waals surface area contributed by atoms with Crippen LogP contribution in [-0.4, -0.2) is 48.9 Å². The molecule has 226 valence electrons. The number of carbonyl (C=O) groups excluding carboxylic acids is 3. The third-order valence-corrected chi connectivity index (χ3v) is 8.00. The van der Waals surface area contributed by atoms with Crippen LogP contribution >= 0.6 is 0 Å². The van der Waals surface area contributed by atoms with E-state index in [-0.39, 0.29) is 11.9 Å². The molecule has 0 radical (unpaired) electrons. The lowest BCUT2D eigenvalue weighted by molar-refractivity contribution is -0.131. The molecule has 3 amide bonds. The molecule has 11 heteroatoms. The molecule has 4 aromatic rings. The predicted octanol–water partition coefficient (Wildman–Crippen LogP) is 5.01. The second-order valence-corrected chi connectivity index (χ2v) is 11.0. The molecule has 0 spiro atoms. The first-order valence-electron chi connectivity index (χ1n) is 14.5. The maximum absolute atomic E-state index is 13.2. The fraction of sp³-hybridized carbons (Fsp3) is 0.273. The Morgan fingerprint density at radius 1 is 0.955 bits per heavy atom.